The van der Waals surface area contributed by atoms with E-state index in [0.717, 1.165) is 31.5 Å². The first-order valence-electron chi connectivity index (χ1n) is 6.82. The van der Waals surface area contributed by atoms with Crippen LogP contribution in [0.3, 0.4) is 0 Å². The van der Waals surface area contributed by atoms with Crippen LogP contribution >= 0.6 is 12.4 Å². The summed E-state index contributed by atoms with van der Waals surface area (Å²) in [5, 5.41) is 16.8. The van der Waals surface area contributed by atoms with E-state index in [9.17, 15) is 14.9 Å². The fourth-order valence-corrected chi connectivity index (χ4v) is 2.37. The molecule has 0 bridgehead atoms. The number of hydrogen-bond donors (Lipinski definition) is 2. The Morgan fingerprint density at radius 1 is 1.52 bits per heavy atom. The van der Waals surface area contributed by atoms with Crippen molar-refractivity contribution in [3.05, 3.63) is 33.9 Å². The van der Waals surface area contributed by atoms with E-state index < -0.39 is 4.92 Å². The normalized spacial score (nSPS) is 17.1. The highest BCUT2D eigenvalue weighted by molar-refractivity contribution is 5.91. The van der Waals surface area contributed by atoms with Crippen LogP contribution in [0.1, 0.15) is 24.8 Å². The van der Waals surface area contributed by atoms with Gasteiger partial charge in [0.1, 0.15) is 0 Å². The molecule has 0 spiro atoms. The van der Waals surface area contributed by atoms with Gasteiger partial charge in [0.25, 0.3) is 5.69 Å². The number of non-ortho nitro benzene ring substituents is 1. The summed E-state index contributed by atoms with van der Waals surface area (Å²) < 4.78 is 0. The summed E-state index contributed by atoms with van der Waals surface area (Å²) in [6, 6.07) is 4.49. The Hall–Kier alpha value is -1.66. The number of amides is 1. The van der Waals surface area contributed by atoms with Crippen LogP contribution < -0.4 is 10.6 Å². The highest BCUT2D eigenvalue weighted by Gasteiger charge is 2.16. The van der Waals surface area contributed by atoms with Gasteiger partial charge in [-0.3, -0.25) is 14.9 Å². The van der Waals surface area contributed by atoms with Crippen LogP contribution in [0.4, 0.5) is 11.4 Å². The van der Waals surface area contributed by atoms with Crippen LogP contribution in [0.2, 0.25) is 0 Å². The molecule has 1 unspecified atom stereocenters. The van der Waals surface area contributed by atoms with E-state index in [1.165, 1.54) is 12.1 Å². The summed E-state index contributed by atoms with van der Waals surface area (Å²) in [7, 11) is 0. The molecule has 0 saturated carbocycles. The second-order valence-electron chi connectivity index (χ2n) is 5.20. The smallest absolute Gasteiger partial charge is 0.271 e. The van der Waals surface area contributed by atoms with Gasteiger partial charge in [-0.1, -0.05) is 6.07 Å². The Morgan fingerprint density at radius 3 is 2.90 bits per heavy atom. The van der Waals surface area contributed by atoms with Crippen LogP contribution in [-0.2, 0) is 4.79 Å². The number of halogens is 1. The molecule has 0 aliphatic carbocycles. The van der Waals surface area contributed by atoms with Crippen molar-refractivity contribution in [3.8, 4) is 0 Å². The average Bonchev–Trinajstić information content (AvgIpc) is 2.92. The standard InChI is InChI=1S/C14H19N3O3.ClH/c1-10-2-4-12(17(19)20)8-13(10)16-14(18)5-3-11-6-7-15-9-11;/h2,4,8,11,15H,3,5-7,9H2,1H3,(H,16,18);1H. The number of rotatable bonds is 5. The number of nitrogens with one attached hydrogen (secondary N) is 2. The zero-order valence-electron chi connectivity index (χ0n) is 11.9. The van der Waals surface area contributed by atoms with Crippen molar-refractivity contribution in [1.82, 2.24) is 5.32 Å². The van der Waals surface area contributed by atoms with Gasteiger partial charge in [0.15, 0.2) is 0 Å². The zero-order valence-corrected chi connectivity index (χ0v) is 12.7. The largest absolute Gasteiger partial charge is 0.326 e. The molecule has 1 aromatic rings. The van der Waals surface area contributed by atoms with Gasteiger partial charge in [0.2, 0.25) is 5.91 Å². The highest BCUT2D eigenvalue weighted by Crippen LogP contribution is 2.22. The lowest BCUT2D eigenvalue weighted by atomic mass is 10.0. The van der Waals surface area contributed by atoms with Gasteiger partial charge < -0.3 is 10.6 Å². The number of benzene rings is 1. The van der Waals surface area contributed by atoms with E-state index >= 15 is 0 Å². The van der Waals surface area contributed by atoms with Crippen molar-refractivity contribution in [3.63, 3.8) is 0 Å². The van der Waals surface area contributed by atoms with Crippen molar-refractivity contribution in [1.29, 1.82) is 0 Å². The SMILES string of the molecule is Cc1ccc([N+](=O)[O-])cc1NC(=O)CCC1CCNC1.Cl. The minimum Gasteiger partial charge on any atom is -0.326 e. The second-order valence-corrected chi connectivity index (χ2v) is 5.20. The Labute approximate surface area is 129 Å². The van der Waals surface area contributed by atoms with Crippen molar-refractivity contribution in [2.45, 2.75) is 26.2 Å². The molecule has 6 nitrogen and oxygen atoms in total. The van der Waals surface area contributed by atoms with Crippen molar-refractivity contribution >= 4 is 29.7 Å². The van der Waals surface area contributed by atoms with E-state index in [4.69, 9.17) is 0 Å². The third-order valence-corrected chi connectivity index (χ3v) is 3.65. The molecule has 1 amide bonds. The van der Waals surface area contributed by atoms with Crippen LogP contribution in [0.25, 0.3) is 0 Å². The summed E-state index contributed by atoms with van der Waals surface area (Å²) in [5.41, 5.74) is 1.34. The maximum absolute atomic E-state index is 11.9. The van der Waals surface area contributed by atoms with Gasteiger partial charge in [-0.2, -0.15) is 0 Å². The molecule has 1 aromatic carbocycles. The van der Waals surface area contributed by atoms with Crippen LogP contribution in [0, 0.1) is 23.0 Å². The topological polar surface area (TPSA) is 84.3 Å². The first-order chi connectivity index (χ1) is 9.56. The Balaban J connectivity index is 0.00000220. The van der Waals surface area contributed by atoms with Crippen LogP contribution in [0.15, 0.2) is 18.2 Å². The number of carbonyl (C=O) groups excluding carboxylic acids is 1. The van der Waals surface area contributed by atoms with E-state index in [2.05, 4.69) is 10.6 Å². The number of nitro benzene ring substituents is 1. The van der Waals surface area contributed by atoms with Crippen molar-refractivity contribution in [2.24, 2.45) is 5.92 Å². The van der Waals surface area contributed by atoms with E-state index in [-0.39, 0.29) is 24.0 Å². The Morgan fingerprint density at radius 2 is 2.29 bits per heavy atom. The minimum absolute atomic E-state index is 0. The minimum atomic E-state index is -0.459. The summed E-state index contributed by atoms with van der Waals surface area (Å²) in [6.45, 7) is 3.82. The molecule has 21 heavy (non-hydrogen) atoms. The van der Waals surface area contributed by atoms with E-state index in [1.54, 1.807) is 6.07 Å². The third-order valence-electron chi connectivity index (χ3n) is 3.65. The third kappa shape index (κ3) is 4.99. The molecule has 1 atom stereocenters. The number of nitro groups is 1. The van der Waals surface area contributed by atoms with Crippen molar-refractivity contribution < 1.29 is 9.72 Å². The number of nitrogens with zero attached hydrogens (tertiary/aromatic N) is 1. The van der Waals surface area contributed by atoms with Crippen molar-refractivity contribution in [2.75, 3.05) is 18.4 Å². The van der Waals surface area contributed by atoms with Gasteiger partial charge >= 0.3 is 0 Å². The molecule has 2 N–H and O–H groups in total. The summed E-state index contributed by atoms with van der Waals surface area (Å²) >= 11 is 0. The second kappa shape index (κ2) is 7.95. The fourth-order valence-electron chi connectivity index (χ4n) is 2.37. The summed E-state index contributed by atoms with van der Waals surface area (Å²) in [4.78, 5) is 22.2. The lowest BCUT2D eigenvalue weighted by molar-refractivity contribution is -0.384. The maximum atomic E-state index is 11.9. The van der Waals surface area contributed by atoms with Gasteiger partial charge in [0.05, 0.1) is 10.6 Å². The Kier molecular flexibility index (Phi) is 6.58. The maximum Gasteiger partial charge on any atom is 0.271 e. The fraction of sp³-hybridized carbons (Fsp3) is 0.500. The highest BCUT2D eigenvalue weighted by atomic mass is 35.5. The average molecular weight is 314 g/mol. The quantitative estimate of drug-likeness (QED) is 0.646. The molecule has 1 aliphatic rings. The molecular weight excluding hydrogens is 294 g/mol. The predicted molar refractivity (Wildman–Crippen MR) is 83.9 cm³/mol. The molecule has 7 heteroatoms. The number of hydrogen-bond acceptors (Lipinski definition) is 4. The van der Waals surface area contributed by atoms with E-state index in [1.807, 2.05) is 6.92 Å². The van der Waals surface area contributed by atoms with Crippen LogP contribution in [0.5, 0.6) is 0 Å². The molecule has 1 fully saturated rings. The zero-order chi connectivity index (χ0) is 14.5. The molecule has 0 aromatic heterocycles. The molecular formula is C14H20ClN3O3. The van der Waals surface area contributed by atoms with Gasteiger partial charge in [-0.15, -0.1) is 12.4 Å². The molecule has 116 valence electrons. The van der Waals surface area contributed by atoms with Crippen LogP contribution in [-0.4, -0.2) is 23.9 Å². The first kappa shape index (κ1) is 17.4. The lowest BCUT2D eigenvalue weighted by Crippen LogP contribution is -2.15. The molecule has 1 heterocycles. The molecule has 1 aliphatic heterocycles. The van der Waals surface area contributed by atoms with E-state index in [0.29, 0.717) is 18.0 Å². The van der Waals surface area contributed by atoms with Gasteiger partial charge in [0, 0.05) is 18.6 Å². The molecule has 2 rings (SSSR count). The predicted octanol–water partition coefficient (Wildman–Crippen LogP) is 2.65. The first-order valence-corrected chi connectivity index (χ1v) is 6.82. The number of carbonyl (C=O) groups is 1. The number of aryl methyl sites for hydroxylation is 1. The number of anilines is 1. The van der Waals surface area contributed by atoms with Gasteiger partial charge in [-0.05, 0) is 44.3 Å². The summed E-state index contributed by atoms with van der Waals surface area (Å²) in [5.74, 6) is 0.479. The molecule has 0 radical (unpaired) electrons. The molecule has 1 saturated heterocycles. The van der Waals surface area contributed by atoms with Gasteiger partial charge in [-0.25, -0.2) is 0 Å². The monoisotopic (exact) mass is 313 g/mol. The Bertz CT molecular complexity index is 516. The lowest BCUT2D eigenvalue weighted by Gasteiger charge is -2.10. The summed E-state index contributed by atoms with van der Waals surface area (Å²) in [6.07, 6.45) is 2.42.